The van der Waals surface area contributed by atoms with Crippen molar-refractivity contribution in [3.05, 3.63) is 35.9 Å². The lowest BCUT2D eigenvalue weighted by atomic mass is 10.4. The van der Waals surface area contributed by atoms with Crippen LogP contribution in [0.15, 0.2) is 24.5 Å². The van der Waals surface area contributed by atoms with Crippen LogP contribution in [0, 0.1) is 0 Å². The molecule has 0 unspecified atom stereocenters. The molecule has 0 aliphatic carbocycles. The van der Waals surface area contributed by atoms with Crippen molar-refractivity contribution < 1.29 is 4.39 Å². The van der Waals surface area contributed by atoms with Crippen LogP contribution in [-0.2, 0) is 26.7 Å². The van der Waals surface area contributed by atoms with E-state index in [0.717, 1.165) is 11.4 Å². The minimum absolute atomic E-state index is 0.313. The maximum absolute atomic E-state index is 12.2. The molecule has 17 heavy (non-hydrogen) atoms. The summed E-state index contributed by atoms with van der Waals surface area (Å²) in [6.07, 6.45) is 3.60. The van der Waals surface area contributed by atoms with Crippen LogP contribution in [0.1, 0.15) is 11.4 Å². The normalized spacial score (nSPS) is 10.9. The molecule has 2 aromatic rings. The first kappa shape index (κ1) is 11.8. The van der Waals surface area contributed by atoms with Gasteiger partial charge in [0.1, 0.15) is 6.67 Å². The van der Waals surface area contributed by atoms with E-state index in [1.165, 1.54) is 0 Å². The Morgan fingerprint density at radius 1 is 1.35 bits per heavy atom. The van der Waals surface area contributed by atoms with Crippen molar-refractivity contribution in [2.24, 2.45) is 7.05 Å². The molecule has 0 spiro atoms. The number of hydrogen-bond acceptors (Lipinski definition) is 3. The Balaban J connectivity index is 1.83. The summed E-state index contributed by atoms with van der Waals surface area (Å²) in [5, 5.41) is 11.6. The minimum atomic E-state index is -0.394. The quantitative estimate of drug-likeness (QED) is 0.811. The van der Waals surface area contributed by atoms with Gasteiger partial charge in [-0.25, -0.2) is 4.39 Å². The smallest absolute Gasteiger partial charge is 0.109 e. The Kier molecular flexibility index (Phi) is 3.87. The Morgan fingerprint density at radius 2 is 2.24 bits per heavy atom. The number of alkyl halides is 1. The number of nitrogens with zero attached hydrogens (tertiary/aromatic N) is 4. The molecule has 2 rings (SSSR count). The van der Waals surface area contributed by atoms with Crippen LogP contribution in [0.3, 0.4) is 0 Å². The van der Waals surface area contributed by atoms with Crippen LogP contribution in [0.4, 0.5) is 4.39 Å². The van der Waals surface area contributed by atoms with Crippen LogP contribution in [-0.4, -0.2) is 26.2 Å². The van der Waals surface area contributed by atoms with Gasteiger partial charge in [0.15, 0.2) is 0 Å². The topological polar surface area (TPSA) is 47.7 Å². The van der Waals surface area contributed by atoms with Crippen molar-refractivity contribution in [2.45, 2.75) is 19.6 Å². The van der Waals surface area contributed by atoms with Gasteiger partial charge in [-0.15, -0.1) is 0 Å². The van der Waals surface area contributed by atoms with E-state index >= 15 is 0 Å². The zero-order valence-corrected chi connectivity index (χ0v) is 9.80. The maximum atomic E-state index is 12.2. The van der Waals surface area contributed by atoms with E-state index in [4.69, 9.17) is 0 Å². The zero-order chi connectivity index (χ0) is 12.1. The lowest BCUT2D eigenvalue weighted by Crippen LogP contribution is -2.17. The number of hydrogen-bond donors (Lipinski definition) is 1. The second-order valence-electron chi connectivity index (χ2n) is 3.82. The van der Waals surface area contributed by atoms with Crippen LogP contribution in [0.2, 0.25) is 0 Å². The molecule has 0 saturated heterocycles. The van der Waals surface area contributed by atoms with Crippen LogP contribution in [0.5, 0.6) is 0 Å². The molecule has 6 heteroatoms. The van der Waals surface area contributed by atoms with E-state index in [1.807, 2.05) is 25.4 Å². The summed E-state index contributed by atoms with van der Waals surface area (Å²) in [6, 6.07) is 3.85. The SMILES string of the molecule is Cn1ccc(CNCc2ccnn2CCF)n1. The molecule has 2 aromatic heterocycles. The third-order valence-corrected chi connectivity index (χ3v) is 2.48. The summed E-state index contributed by atoms with van der Waals surface area (Å²) in [7, 11) is 1.89. The second-order valence-corrected chi connectivity index (χ2v) is 3.82. The predicted octanol–water partition coefficient (Wildman–Crippen LogP) is 0.876. The van der Waals surface area contributed by atoms with Crippen molar-refractivity contribution in [1.29, 1.82) is 0 Å². The first-order valence-corrected chi connectivity index (χ1v) is 5.55. The van der Waals surface area contributed by atoms with Crippen LogP contribution < -0.4 is 5.32 Å². The van der Waals surface area contributed by atoms with Gasteiger partial charge in [0.2, 0.25) is 0 Å². The van der Waals surface area contributed by atoms with Crippen molar-refractivity contribution in [3.8, 4) is 0 Å². The van der Waals surface area contributed by atoms with Gasteiger partial charge in [0.25, 0.3) is 0 Å². The van der Waals surface area contributed by atoms with Gasteiger partial charge in [-0.2, -0.15) is 10.2 Å². The third-order valence-electron chi connectivity index (χ3n) is 2.48. The molecular formula is C11H16FN5. The van der Waals surface area contributed by atoms with Crippen molar-refractivity contribution in [2.75, 3.05) is 6.67 Å². The molecule has 0 atom stereocenters. The fourth-order valence-corrected chi connectivity index (χ4v) is 1.67. The molecule has 0 aromatic carbocycles. The molecular weight excluding hydrogens is 221 g/mol. The Labute approximate surface area is 99.2 Å². The van der Waals surface area contributed by atoms with Gasteiger partial charge >= 0.3 is 0 Å². The molecule has 1 N–H and O–H groups in total. The number of halogens is 1. The highest BCUT2D eigenvalue weighted by Gasteiger charge is 2.02. The number of rotatable bonds is 6. The van der Waals surface area contributed by atoms with Crippen molar-refractivity contribution in [1.82, 2.24) is 24.9 Å². The van der Waals surface area contributed by atoms with Gasteiger partial charge in [-0.1, -0.05) is 0 Å². The highest BCUT2D eigenvalue weighted by Crippen LogP contribution is 2.00. The van der Waals surface area contributed by atoms with Crippen LogP contribution in [0.25, 0.3) is 0 Å². The first-order valence-electron chi connectivity index (χ1n) is 5.55. The summed E-state index contributed by atoms with van der Waals surface area (Å²) in [5.74, 6) is 0. The lowest BCUT2D eigenvalue weighted by molar-refractivity contribution is 0.417. The molecule has 0 amide bonds. The summed E-state index contributed by atoms with van der Waals surface area (Å²) in [5.41, 5.74) is 1.97. The number of nitrogens with one attached hydrogen (secondary N) is 1. The van der Waals surface area contributed by atoms with Crippen molar-refractivity contribution >= 4 is 0 Å². The largest absolute Gasteiger partial charge is 0.305 e. The predicted molar refractivity (Wildman–Crippen MR) is 62.0 cm³/mol. The van der Waals surface area contributed by atoms with Gasteiger partial charge < -0.3 is 5.32 Å². The van der Waals surface area contributed by atoms with E-state index in [0.29, 0.717) is 19.6 Å². The average molecular weight is 237 g/mol. The van der Waals surface area contributed by atoms with Crippen LogP contribution >= 0.6 is 0 Å². The van der Waals surface area contributed by atoms with E-state index in [9.17, 15) is 4.39 Å². The summed E-state index contributed by atoms with van der Waals surface area (Å²) < 4.78 is 15.7. The lowest BCUT2D eigenvalue weighted by Gasteiger charge is -2.05. The average Bonchev–Trinajstić information content (AvgIpc) is 2.90. The fraction of sp³-hybridized carbons (Fsp3) is 0.455. The van der Waals surface area contributed by atoms with Gasteiger partial charge in [-0.05, 0) is 12.1 Å². The Morgan fingerprint density at radius 3 is 2.94 bits per heavy atom. The second kappa shape index (κ2) is 5.58. The van der Waals surface area contributed by atoms with Crippen molar-refractivity contribution in [3.63, 3.8) is 0 Å². The summed E-state index contributed by atoms with van der Waals surface area (Å²) >= 11 is 0. The minimum Gasteiger partial charge on any atom is -0.305 e. The molecule has 0 radical (unpaired) electrons. The Hall–Kier alpha value is -1.69. The zero-order valence-electron chi connectivity index (χ0n) is 9.80. The van der Waals surface area contributed by atoms with E-state index < -0.39 is 6.67 Å². The molecule has 0 aliphatic heterocycles. The monoisotopic (exact) mass is 237 g/mol. The molecule has 0 aliphatic rings. The summed E-state index contributed by atoms with van der Waals surface area (Å²) in [6.45, 7) is 1.28. The maximum Gasteiger partial charge on any atom is 0.109 e. The first-order chi connectivity index (χ1) is 8.29. The van der Waals surface area contributed by atoms with Gasteiger partial charge in [0, 0.05) is 32.5 Å². The van der Waals surface area contributed by atoms with Gasteiger partial charge in [0.05, 0.1) is 17.9 Å². The van der Waals surface area contributed by atoms with E-state index in [-0.39, 0.29) is 0 Å². The molecule has 92 valence electrons. The van der Waals surface area contributed by atoms with E-state index in [2.05, 4.69) is 15.5 Å². The summed E-state index contributed by atoms with van der Waals surface area (Å²) in [4.78, 5) is 0. The highest BCUT2D eigenvalue weighted by molar-refractivity contribution is 5.02. The molecule has 0 saturated carbocycles. The molecule has 2 heterocycles. The molecule has 5 nitrogen and oxygen atoms in total. The molecule has 0 fully saturated rings. The Bertz CT molecular complexity index is 462. The fourth-order valence-electron chi connectivity index (χ4n) is 1.67. The number of aryl methyl sites for hydroxylation is 2. The van der Waals surface area contributed by atoms with E-state index in [1.54, 1.807) is 15.6 Å². The third kappa shape index (κ3) is 3.13. The van der Waals surface area contributed by atoms with Gasteiger partial charge in [-0.3, -0.25) is 9.36 Å². The highest BCUT2D eigenvalue weighted by atomic mass is 19.1. The molecule has 0 bridgehead atoms. The number of aromatic nitrogens is 4. The standard InChI is InChI=1S/C11H16FN5/c1-16-6-3-10(15-16)8-13-9-11-2-5-14-17(11)7-4-12/h2-3,5-6,13H,4,7-9H2,1H3.